The zero-order valence-electron chi connectivity index (χ0n) is 11.1. The lowest BCUT2D eigenvalue weighted by molar-refractivity contribution is -0.153. The normalized spacial score (nSPS) is 29.7. The third-order valence-corrected chi connectivity index (χ3v) is 3.01. The lowest BCUT2D eigenvalue weighted by Gasteiger charge is -2.27. The van der Waals surface area contributed by atoms with Crippen LogP contribution in [-0.4, -0.2) is 29.7 Å². The van der Waals surface area contributed by atoms with Crippen molar-refractivity contribution < 1.29 is 23.9 Å². The van der Waals surface area contributed by atoms with Crippen LogP contribution in [0.15, 0.2) is 12.2 Å². The molecule has 1 N–H and O–H groups in total. The molecule has 0 radical (unpaired) electrons. The first-order valence-electron chi connectivity index (χ1n) is 6.19. The fourth-order valence-corrected chi connectivity index (χ4v) is 2.27. The fourth-order valence-electron chi connectivity index (χ4n) is 2.27. The van der Waals surface area contributed by atoms with Crippen molar-refractivity contribution in [3.63, 3.8) is 0 Å². The number of esters is 2. The van der Waals surface area contributed by atoms with E-state index in [4.69, 9.17) is 4.74 Å². The molecule has 2 aliphatic rings. The summed E-state index contributed by atoms with van der Waals surface area (Å²) in [4.78, 5) is 34.8. The Bertz CT molecular complexity index is 448. The number of cyclic esters (lactones) is 2. The number of rotatable bonds is 1. The summed E-state index contributed by atoms with van der Waals surface area (Å²) in [7, 11) is 0. The van der Waals surface area contributed by atoms with Crippen molar-refractivity contribution in [3.05, 3.63) is 12.2 Å². The Morgan fingerprint density at radius 1 is 1.37 bits per heavy atom. The van der Waals surface area contributed by atoms with Gasteiger partial charge in [0, 0.05) is 0 Å². The molecule has 2 rings (SSSR count). The SMILES string of the molecule is CC(C)(C)OC(=O)N[C@@H]1C=CC[C@@H]2C(=O)OC(=O)[C@@H]21. The third kappa shape index (κ3) is 2.94. The molecule has 0 aromatic heterocycles. The van der Waals surface area contributed by atoms with Gasteiger partial charge < -0.3 is 14.8 Å². The van der Waals surface area contributed by atoms with Gasteiger partial charge in [-0.1, -0.05) is 12.2 Å². The van der Waals surface area contributed by atoms with Crippen molar-refractivity contribution in [2.24, 2.45) is 11.8 Å². The Balaban J connectivity index is 2.06. The minimum Gasteiger partial charge on any atom is -0.444 e. The van der Waals surface area contributed by atoms with Gasteiger partial charge in [0.2, 0.25) is 0 Å². The van der Waals surface area contributed by atoms with E-state index in [0.29, 0.717) is 6.42 Å². The third-order valence-electron chi connectivity index (χ3n) is 3.01. The molecule has 19 heavy (non-hydrogen) atoms. The van der Waals surface area contributed by atoms with Gasteiger partial charge in [0.05, 0.1) is 17.9 Å². The molecule has 0 aromatic rings. The van der Waals surface area contributed by atoms with E-state index in [2.05, 4.69) is 10.1 Å². The molecule has 0 aromatic carbocycles. The lowest BCUT2D eigenvalue weighted by Crippen LogP contribution is -2.46. The molecule has 1 amide bonds. The van der Waals surface area contributed by atoms with Crippen LogP contribution in [0.2, 0.25) is 0 Å². The first kappa shape index (κ1) is 13.6. The zero-order chi connectivity index (χ0) is 14.2. The molecule has 0 spiro atoms. The maximum absolute atomic E-state index is 11.7. The number of nitrogens with one attached hydrogen (secondary N) is 1. The molecule has 104 valence electrons. The van der Waals surface area contributed by atoms with Gasteiger partial charge in [0.25, 0.3) is 0 Å². The second kappa shape index (κ2) is 4.68. The summed E-state index contributed by atoms with van der Waals surface area (Å²) in [6, 6.07) is -0.562. The highest BCUT2D eigenvalue weighted by atomic mass is 16.6. The summed E-state index contributed by atoms with van der Waals surface area (Å²) in [6.07, 6.45) is 3.31. The molecule has 1 saturated heterocycles. The molecule has 6 heteroatoms. The molecule has 1 aliphatic carbocycles. The first-order valence-corrected chi connectivity index (χ1v) is 6.19. The summed E-state index contributed by atoms with van der Waals surface area (Å²) >= 11 is 0. The van der Waals surface area contributed by atoms with Crippen LogP contribution in [0, 0.1) is 11.8 Å². The van der Waals surface area contributed by atoms with Gasteiger partial charge in [0.1, 0.15) is 5.60 Å². The Morgan fingerprint density at radius 2 is 2.05 bits per heavy atom. The predicted octanol–water partition coefficient (Wildman–Crippen LogP) is 1.16. The molecular weight excluding hydrogens is 250 g/mol. The molecule has 1 heterocycles. The van der Waals surface area contributed by atoms with Gasteiger partial charge in [0.15, 0.2) is 0 Å². The van der Waals surface area contributed by atoms with E-state index in [1.54, 1.807) is 32.9 Å². The van der Waals surface area contributed by atoms with E-state index in [1.807, 2.05) is 0 Å². The molecule has 1 aliphatic heterocycles. The highest BCUT2D eigenvalue weighted by Crippen LogP contribution is 2.33. The molecular formula is C13H17NO5. The van der Waals surface area contributed by atoms with E-state index >= 15 is 0 Å². The minimum atomic E-state index is -0.648. The average Bonchev–Trinajstić information content (AvgIpc) is 2.53. The van der Waals surface area contributed by atoms with E-state index in [0.717, 1.165) is 0 Å². The van der Waals surface area contributed by atoms with Crippen LogP contribution < -0.4 is 5.32 Å². The Kier molecular flexibility index (Phi) is 3.34. The highest BCUT2D eigenvalue weighted by molar-refractivity contribution is 5.97. The second-order valence-corrected chi connectivity index (χ2v) is 5.71. The van der Waals surface area contributed by atoms with E-state index in [-0.39, 0.29) is 0 Å². The monoisotopic (exact) mass is 267 g/mol. The fraction of sp³-hybridized carbons (Fsp3) is 0.615. The van der Waals surface area contributed by atoms with Gasteiger partial charge in [-0.2, -0.15) is 0 Å². The van der Waals surface area contributed by atoms with Crippen molar-refractivity contribution in [3.8, 4) is 0 Å². The molecule has 0 bridgehead atoms. The standard InChI is InChI=1S/C13H17NO5/c1-13(2,3)19-12(17)14-8-6-4-5-7-9(8)11(16)18-10(7)15/h4,6-9H,5H2,1-3H3,(H,14,17)/t7-,8+,9-/m0/s1. The molecule has 0 unspecified atom stereocenters. The van der Waals surface area contributed by atoms with E-state index in [1.165, 1.54) is 0 Å². The number of alkyl carbamates (subject to hydrolysis) is 1. The van der Waals surface area contributed by atoms with E-state index < -0.39 is 41.5 Å². The van der Waals surface area contributed by atoms with Crippen LogP contribution in [0.5, 0.6) is 0 Å². The van der Waals surface area contributed by atoms with Crippen LogP contribution in [0.4, 0.5) is 4.79 Å². The van der Waals surface area contributed by atoms with Crippen molar-refractivity contribution in [2.75, 3.05) is 0 Å². The molecule has 6 nitrogen and oxygen atoms in total. The maximum Gasteiger partial charge on any atom is 0.408 e. The number of amides is 1. The number of hydrogen-bond acceptors (Lipinski definition) is 5. The number of ether oxygens (including phenoxy) is 2. The maximum atomic E-state index is 11.7. The quantitative estimate of drug-likeness (QED) is 0.438. The van der Waals surface area contributed by atoms with Crippen molar-refractivity contribution in [1.29, 1.82) is 0 Å². The Morgan fingerprint density at radius 3 is 2.68 bits per heavy atom. The van der Waals surface area contributed by atoms with Gasteiger partial charge in [-0.3, -0.25) is 9.59 Å². The van der Waals surface area contributed by atoms with Crippen LogP contribution in [-0.2, 0) is 19.1 Å². The van der Waals surface area contributed by atoms with Gasteiger partial charge in [-0.15, -0.1) is 0 Å². The molecule has 1 fully saturated rings. The van der Waals surface area contributed by atoms with Crippen LogP contribution in [0.3, 0.4) is 0 Å². The predicted molar refractivity (Wildman–Crippen MR) is 65.0 cm³/mol. The smallest absolute Gasteiger partial charge is 0.408 e. The summed E-state index contributed by atoms with van der Waals surface area (Å²) in [5.74, 6) is -2.25. The topological polar surface area (TPSA) is 81.7 Å². The number of carbonyl (C=O) groups is 3. The minimum absolute atomic E-state index is 0.460. The van der Waals surface area contributed by atoms with Gasteiger partial charge in [-0.25, -0.2) is 4.79 Å². The number of allylic oxidation sites excluding steroid dienone is 1. The van der Waals surface area contributed by atoms with Crippen molar-refractivity contribution in [1.82, 2.24) is 5.32 Å². The second-order valence-electron chi connectivity index (χ2n) is 5.71. The number of hydrogen-bond donors (Lipinski definition) is 1. The summed E-state index contributed by atoms with van der Waals surface area (Å²) in [5.41, 5.74) is -0.617. The van der Waals surface area contributed by atoms with Crippen LogP contribution in [0.25, 0.3) is 0 Å². The van der Waals surface area contributed by atoms with E-state index in [9.17, 15) is 14.4 Å². The molecule has 3 atom stereocenters. The van der Waals surface area contributed by atoms with Gasteiger partial charge >= 0.3 is 18.0 Å². The lowest BCUT2D eigenvalue weighted by atomic mass is 9.81. The number of carbonyl (C=O) groups excluding carboxylic acids is 3. The largest absolute Gasteiger partial charge is 0.444 e. The Hall–Kier alpha value is -1.85. The van der Waals surface area contributed by atoms with Gasteiger partial charge in [-0.05, 0) is 27.2 Å². The summed E-state index contributed by atoms with van der Waals surface area (Å²) in [6.45, 7) is 5.25. The van der Waals surface area contributed by atoms with Crippen LogP contribution in [0.1, 0.15) is 27.2 Å². The summed E-state index contributed by atoms with van der Waals surface area (Å²) in [5, 5.41) is 2.60. The van der Waals surface area contributed by atoms with Crippen molar-refractivity contribution in [2.45, 2.75) is 38.8 Å². The number of fused-ring (bicyclic) bond motifs is 1. The summed E-state index contributed by atoms with van der Waals surface area (Å²) < 4.78 is 9.74. The zero-order valence-corrected chi connectivity index (χ0v) is 11.1. The molecule has 0 saturated carbocycles. The average molecular weight is 267 g/mol. The first-order chi connectivity index (χ1) is 8.78. The Labute approximate surface area is 111 Å². The highest BCUT2D eigenvalue weighted by Gasteiger charge is 2.49. The van der Waals surface area contributed by atoms with Crippen LogP contribution >= 0.6 is 0 Å². The van der Waals surface area contributed by atoms with Crippen molar-refractivity contribution >= 4 is 18.0 Å².